The fraction of sp³-hybridized carbons (Fsp3) is 0.0755. The highest BCUT2D eigenvalue weighted by molar-refractivity contribution is 6.13. The molecule has 0 unspecified atom stereocenters. The molecular weight excluding hydrogens is 793 g/mol. The molecule has 2 heterocycles. The minimum Gasteiger partial charge on any atom is -0.308 e. The lowest BCUT2D eigenvalue weighted by Gasteiger charge is -2.22. The quantitative estimate of drug-likeness (QED) is 0.159. The number of rotatable bonds is 5. The van der Waals surface area contributed by atoms with E-state index >= 15 is 0 Å². The van der Waals surface area contributed by atoms with E-state index in [0.717, 1.165) is 67.1 Å². The Labute approximate surface area is 351 Å². The number of nitriles is 1. The van der Waals surface area contributed by atoms with Gasteiger partial charge in [0.05, 0.1) is 56.2 Å². The third-order valence-corrected chi connectivity index (χ3v) is 11.7. The van der Waals surface area contributed by atoms with Crippen molar-refractivity contribution in [3.63, 3.8) is 0 Å². The second kappa shape index (κ2) is 14.3. The Morgan fingerprint density at radius 2 is 0.790 bits per heavy atom. The van der Waals surface area contributed by atoms with Gasteiger partial charge in [-0.2, -0.15) is 31.6 Å². The van der Waals surface area contributed by atoms with Gasteiger partial charge in [0, 0.05) is 27.1 Å². The summed E-state index contributed by atoms with van der Waals surface area (Å²) in [6.07, 6.45) is -10.2. The Kier molecular flexibility index (Phi) is 8.89. The van der Waals surface area contributed by atoms with Crippen molar-refractivity contribution in [3.8, 4) is 50.8 Å². The lowest BCUT2D eigenvalue weighted by Crippen LogP contribution is -2.12. The van der Waals surface area contributed by atoms with Crippen LogP contribution in [0.5, 0.6) is 0 Å². The van der Waals surface area contributed by atoms with Crippen LogP contribution in [-0.2, 0) is 12.4 Å². The van der Waals surface area contributed by atoms with Crippen molar-refractivity contribution in [1.82, 2.24) is 9.13 Å². The van der Waals surface area contributed by atoms with E-state index in [-0.39, 0.29) is 34.1 Å². The molecule has 0 aliphatic carbocycles. The van der Waals surface area contributed by atoms with Crippen LogP contribution in [0.2, 0.25) is 0 Å². The van der Waals surface area contributed by atoms with Gasteiger partial charge < -0.3 is 9.13 Å². The predicted octanol–water partition coefficient (Wildman–Crippen LogP) is 15.4. The van der Waals surface area contributed by atoms with Gasteiger partial charge in [-0.1, -0.05) is 108 Å². The van der Waals surface area contributed by atoms with Crippen molar-refractivity contribution in [2.24, 2.45) is 0 Å². The highest BCUT2D eigenvalue weighted by atomic mass is 19.4. The van der Waals surface area contributed by atoms with Crippen molar-refractivity contribution in [2.75, 3.05) is 0 Å². The zero-order valence-corrected chi connectivity index (χ0v) is 33.2. The van der Waals surface area contributed by atoms with Crippen LogP contribution in [0.15, 0.2) is 164 Å². The first-order valence-electron chi connectivity index (χ1n) is 19.9. The number of benzene rings is 8. The second-order valence-electron chi connectivity index (χ2n) is 15.7. The van der Waals surface area contributed by atoms with Gasteiger partial charge >= 0.3 is 12.4 Å². The number of fused-ring (bicyclic) bond motifs is 6. The van der Waals surface area contributed by atoms with Crippen molar-refractivity contribution >= 4 is 43.6 Å². The highest BCUT2D eigenvalue weighted by Gasteiger charge is 2.38. The van der Waals surface area contributed by atoms with Crippen LogP contribution in [-0.4, -0.2) is 9.13 Å². The molecule has 302 valence electrons. The molecular formula is C53H33F6N3. The molecule has 0 bridgehead atoms. The number of alkyl halides is 6. The van der Waals surface area contributed by atoms with Gasteiger partial charge in [0.1, 0.15) is 0 Å². The summed E-state index contributed by atoms with van der Waals surface area (Å²) >= 11 is 0. The molecule has 0 atom stereocenters. The Balaban J connectivity index is 1.35. The molecule has 0 radical (unpaired) electrons. The lowest BCUT2D eigenvalue weighted by atomic mass is 9.94. The van der Waals surface area contributed by atoms with Crippen LogP contribution in [0.3, 0.4) is 0 Å². The predicted molar refractivity (Wildman–Crippen MR) is 236 cm³/mol. The van der Waals surface area contributed by atoms with Crippen LogP contribution in [0.4, 0.5) is 26.3 Å². The Bertz CT molecular complexity index is 3240. The first kappa shape index (κ1) is 38.6. The van der Waals surface area contributed by atoms with Gasteiger partial charge in [-0.05, 0) is 108 Å². The summed E-state index contributed by atoms with van der Waals surface area (Å²) in [6, 6.07) is 50.1. The van der Waals surface area contributed by atoms with Crippen LogP contribution in [0, 0.1) is 25.2 Å². The molecule has 0 saturated carbocycles. The third kappa shape index (κ3) is 6.47. The monoisotopic (exact) mass is 825 g/mol. The van der Waals surface area contributed by atoms with E-state index in [1.54, 1.807) is 12.1 Å². The van der Waals surface area contributed by atoms with Gasteiger partial charge in [-0.25, -0.2) is 0 Å². The first-order chi connectivity index (χ1) is 29.8. The molecule has 8 aromatic carbocycles. The number of aromatic nitrogens is 2. The largest absolute Gasteiger partial charge is 0.416 e. The Hall–Kier alpha value is -7.57. The zero-order chi connectivity index (χ0) is 43.1. The van der Waals surface area contributed by atoms with Crippen molar-refractivity contribution < 1.29 is 26.3 Å². The SMILES string of the molecule is Cc1ccc(-c2ccc3c(c2)c2ccccc2n3-c2cc(C#N)cc(-n3c4ccccc4c4cc(-c5ccc(C)cc5)ccc43)c2-c2cc(C(F)(F)F)cc(C(F)(F)F)c2)cc1. The number of hydrogen-bond donors (Lipinski definition) is 0. The lowest BCUT2D eigenvalue weighted by molar-refractivity contribution is -0.143. The van der Waals surface area contributed by atoms with Gasteiger partial charge in [-0.3, -0.25) is 0 Å². The van der Waals surface area contributed by atoms with E-state index in [1.807, 2.05) is 156 Å². The summed E-state index contributed by atoms with van der Waals surface area (Å²) in [5, 5.41) is 13.9. The number of para-hydroxylation sites is 2. The zero-order valence-electron chi connectivity index (χ0n) is 33.2. The number of nitrogens with zero attached hydrogens (tertiary/aromatic N) is 3. The highest BCUT2D eigenvalue weighted by Crippen LogP contribution is 2.46. The van der Waals surface area contributed by atoms with Crippen LogP contribution >= 0.6 is 0 Å². The fourth-order valence-electron chi connectivity index (χ4n) is 8.74. The molecule has 2 aromatic heterocycles. The Morgan fingerprint density at radius 3 is 1.19 bits per heavy atom. The van der Waals surface area contributed by atoms with Crippen molar-refractivity contribution in [3.05, 3.63) is 192 Å². The summed E-state index contributed by atoms with van der Waals surface area (Å²) in [4.78, 5) is 0. The van der Waals surface area contributed by atoms with Gasteiger partial charge in [0.25, 0.3) is 0 Å². The molecule has 10 rings (SSSR count). The van der Waals surface area contributed by atoms with E-state index in [0.29, 0.717) is 22.1 Å². The van der Waals surface area contributed by atoms with E-state index in [2.05, 4.69) is 6.07 Å². The van der Waals surface area contributed by atoms with Crippen LogP contribution < -0.4 is 0 Å². The average Bonchev–Trinajstić information content (AvgIpc) is 3.78. The second-order valence-corrected chi connectivity index (χ2v) is 15.7. The first-order valence-corrected chi connectivity index (χ1v) is 19.9. The summed E-state index contributed by atoms with van der Waals surface area (Å²) < 4.78 is 92.1. The summed E-state index contributed by atoms with van der Waals surface area (Å²) in [5.74, 6) is 0. The maximum absolute atomic E-state index is 14.7. The summed E-state index contributed by atoms with van der Waals surface area (Å²) in [5.41, 5.74) is 6.12. The molecule has 3 nitrogen and oxygen atoms in total. The van der Waals surface area contributed by atoms with E-state index in [1.165, 1.54) is 0 Å². The maximum Gasteiger partial charge on any atom is 0.416 e. The molecule has 62 heavy (non-hydrogen) atoms. The summed E-state index contributed by atoms with van der Waals surface area (Å²) in [7, 11) is 0. The van der Waals surface area contributed by atoms with E-state index in [4.69, 9.17) is 0 Å². The number of halogens is 6. The van der Waals surface area contributed by atoms with Gasteiger partial charge in [0.2, 0.25) is 0 Å². The third-order valence-electron chi connectivity index (χ3n) is 11.7. The Morgan fingerprint density at radius 1 is 0.403 bits per heavy atom. The smallest absolute Gasteiger partial charge is 0.308 e. The molecule has 0 amide bonds. The van der Waals surface area contributed by atoms with Crippen molar-refractivity contribution in [2.45, 2.75) is 26.2 Å². The molecule has 0 N–H and O–H groups in total. The standard InChI is InChI=1S/C53H33F6N3/c1-31-11-15-34(16-12-31)36-19-21-47-43(27-36)41-7-3-5-9-45(41)61(47)49-23-33(30-60)24-50(51(49)38-25-39(52(54,55)56)29-40(26-38)53(57,58)59)62-46-10-6-4-8-42(46)44-28-37(20-22-48(44)62)35-17-13-32(2)14-18-35/h3-29H,1-2H3. The molecule has 0 aliphatic rings. The van der Waals surface area contributed by atoms with Crippen LogP contribution in [0.25, 0.3) is 88.4 Å². The van der Waals surface area contributed by atoms with E-state index < -0.39 is 23.5 Å². The summed E-state index contributed by atoms with van der Waals surface area (Å²) in [6.45, 7) is 4.01. The molecule has 9 heteroatoms. The molecule has 10 aromatic rings. The van der Waals surface area contributed by atoms with Gasteiger partial charge in [-0.15, -0.1) is 0 Å². The maximum atomic E-state index is 14.7. The van der Waals surface area contributed by atoms with Gasteiger partial charge in [0.15, 0.2) is 0 Å². The average molecular weight is 826 g/mol. The fourth-order valence-corrected chi connectivity index (χ4v) is 8.74. The van der Waals surface area contributed by atoms with Crippen LogP contribution in [0.1, 0.15) is 27.8 Å². The molecule has 0 spiro atoms. The normalized spacial score (nSPS) is 12.2. The van der Waals surface area contributed by atoms with Crippen molar-refractivity contribution in [1.29, 1.82) is 5.26 Å². The van der Waals surface area contributed by atoms with E-state index in [9.17, 15) is 31.6 Å². The molecule has 0 aliphatic heterocycles. The molecule has 0 saturated heterocycles. The molecule has 0 fully saturated rings. The number of hydrogen-bond acceptors (Lipinski definition) is 1. The number of aryl methyl sites for hydroxylation is 2. The topological polar surface area (TPSA) is 33.6 Å². The minimum atomic E-state index is -5.11. The minimum absolute atomic E-state index is 0.0797.